The second-order valence-electron chi connectivity index (χ2n) is 8.71. The SMILES string of the molecule is C/C=C/C(=O)N1CCC2(CC1)C1=C[C@H](C)c3c(cc(OC)cc3OC)CN1C(=O)N2CC. The van der Waals surface area contributed by atoms with E-state index in [1.54, 1.807) is 26.4 Å². The van der Waals surface area contributed by atoms with Crippen molar-refractivity contribution in [3.8, 4) is 11.5 Å². The summed E-state index contributed by atoms with van der Waals surface area (Å²) in [5, 5.41) is 0. The average Bonchev–Trinajstić information content (AvgIpc) is 2.90. The third-order valence-corrected chi connectivity index (χ3v) is 7.12. The van der Waals surface area contributed by atoms with Crippen LogP contribution < -0.4 is 9.47 Å². The number of amides is 3. The number of hydrogen-bond acceptors (Lipinski definition) is 4. The monoisotopic (exact) mass is 439 g/mol. The van der Waals surface area contributed by atoms with Gasteiger partial charge in [-0.05, 0) is 44.4 Å². The zero-order valence-electron chi connectivity index (χ0n) is 19.7. The van der Waals surface area contributed by atoms with Crippen molar-refractivity contribution in [2.75, 3.05) is 33.9 Å². The van der Waals surface area contributed by atoms with Crippen molar-refractivity contribution in [3.63, 3.8) is 0 Å². The van der Waals surface area contributed by atoms with Crippen LogP contribution in [0.25, 0.3) is 0 Å². The van der Waals surface area contributed by atoms with E-state index < -0.39 is 0 Å². The van der Waals surface area contributed by atoms with Gasteiger partial charge in [-0.1, -0.05) is 19.1 Å². The van der Waals surface area contributed by atoms with Crippen molar-refractivity contribution in [2.45, 2.75) is 51.6 Å². The van der Waals surface area contributed by atoms with E-state index in [9.17, 15) is 9.59 Å². The first-order valence-electron chi connectivity index (χ1n) is 11.4. The number of allylic oxidation sites excluding steroid dienone is 2. The maximum absolute atomic E-state index is 13.6. The Morgan fingerprint density at radius 2 is 1.94 bits per heavy atom. The number of carbonyl (C=O) groups is 2. The highest BCUT2D eigenvalue weighted by Gasteiger charge is 2.55. The van der Waals surface area contributed by atoms with Crippen LogP contribution in [-0.2, 0) is 11.3 Å². The Morgan fingerprint density at radius 1 is 1.22 bits per heavy atom. The molecule has 7 nitrogen and oxygen atoms in total. The highest BCUT2D eigenvalue weighted by atomic mass is 16.5. The van der Waals surface area contributed by atoms with Gasteiger partial charge in [0, 0.05) is 42.9 Å². The maximum Gasteiger partial charge on any atom is 0.325 e. The number of ether oxygens (including phenoxy) is 2. The molecule has 3 aliphatic rings. The van der Waals surface area contributed by atoms with Gasteiger partial charge in [0.2, 0.25) is 5.91 Å². The maximum atomic E-state index is 13.6. The van der Waals surface area contributed by atoms with Gasteiger partial charge in [-0.15, -0.1) is 0 Å². The molecule has 0 saturated carbocycles. The number of benzene rings is 1. The van der Waals surface area contributed by atoms with E-state index in [0.717, 1.165) is 41.2 Å². The smallest absolute Gasteiger partial charge is 0.325 e. The summed E-state index contributed by atoms with van der Waals surface area (Å²) in [6.45, 7) is 8.44. The number of urea groups is 1. The van der Waals surface area contributed by atoms with Gasteiger partial charge < -0.3 is 19.3 Å². The lowest BCUT2D eigenvalue weighted by Gasteiger charge is -2.44. The fourth-order valence-electron chi connectivity index (χ4n) is 5.61. The first-order chi connectivity index (χ1) is 15.4. The van der Waals surface area contributed by atoms with Gasteiger partial charge in [0.15, 0.2) is 0 Å². The second kappa shape index (κ2) is 8.52. The molecule has 3 heterocycles. The number of nitrogens with zero attached hydrogens (tertiary/aromatic N) is 3. The van der Waals surface area contributed by atoms with Gasteiger partial charge in [0.25, 0.3) is 0 Å². The lowest BCUT2D eigenvalue weighted by molar-refractivity contribution is -0.127. The molecule has 1 spiro atoms. The number of piperidine rings is 1. The Morgan fingerprint density at radius 3 is 2.53 bits per heavy atom. The van der Waals surface area contributed by atoms with Crippen LogP contribution >= 0.6 is 0 Å². The molecule has 172 valence electrons. The molecular weight excluding hydrogens is 406 g/mol. The van der Waals surface area contributed by atoms with Crippen molar-refractivity contribution in [3.05, 3.63) is 47.2 Å². The van der Waals surface area contributed by atoms with Gasteiger partial charge in [-0.25, -0.2) is 4.79 Å². The van der Waals surface area contributed by atoms with Crippen LogP contribution in [0.15, 0.2) is 36.1 Å². The number of hydrogen-bond donors (Lipinski definition) is 0. The zero-order valence-corrected chi connectivity index (χ0v) is 19.7. The van der Waals surface area contributed by atoms with E-state index >= 15 is 0 Å². The number of likely N-dealkylation sites (tertiary alicyclic amines) is 1. The average molecular weight is 440 g/mol. The zero-order chi connectivity index (χ0) is 23.0. The van der Waals surface area contributed by atoms with E-state index in [4.69, 9.17) is 9.47 Å². The van der Waals surface area contributed by atoms with Crippen molar-refractivity contribution in [1.29, 1.82) is 0 Å². The largest absolute Gasteiger partial charge is 0.497 e. The number of carbonyl (C=O) groups excluding carboxylic acids is 2. The van der Waals surface area contributed by atoms with Crippen molar-refractivity contribution in [1.82, 2.24) is 14.7 Å². The minimum Gasteiger partial charge on any atom is -0.497 e. The van der Waals surface area contributed by atoms with Gasteiger partial charge in [-0.2, -0.15) is 0 Å². The molecule has 1 aromatic carbocycles. The second-order valence-corrected chi connectivity index (χ2v) is 8.71. The van der Waals surface area contributed by atoms with E-state index in [1.807, 2.05) is 40.7 Å². The first kappa shape index (κ1) is 22.2. The van der Waals surface area contributed by atoms with Crippen LogP contribution in [0.4, 0.5) is 4.79 Å². The fourth-order valence-corrected chi connectivity index (χ4v) is 5.61. The van der Waals surface area contributed by atoms with Crippen molar-refractivity contribution >= 4 is 11.9 Å². The molecule has 0 bridgehead atoms. The van der Waals surface area contributed by atoms with Crippen LogP contribution in [0, 0.1) is 0 Å². The Kier molecular flexibility index (Phi) is 5.93. The molecular formula is C25H33N3O4. The Hall–Kier alpha value is -2.96. The normalized spacial score (nSPS) is 22.0. The topological polar surface area (TPSA) is 62.3 Å². The van der Waals surface area contributed by atoms with Crippen LogP contribution in [-0.4, -0.2) is 66.0 Å². The molecule has 0 aliphatic carbocycles. The van der Waals surface area contributed by atoms with Gasteiger partial charge in [0.1, 0.15) is 11.5 Å². The molecule has 7 heteroatoms. The predicted molar refractivity (Wildman–Crippen MR) is 123 cm³/mol. The van der Waals surface area contributed by atoms with Gasteiger partial charge >= 0.3 is 6.03 Å². The lowest BCUT2D eigenvalue weighted by Crippen LogP contribution is -2.54. The number of fused-ring (bicyclic) bond motifs is 3. The number of rotatable bonds is 4. The van der Waals surface area contributed by atoms with E-state index in [1.165, 1.54) is 0 Å². The molecule has 4 rings (SSSR count). The summed E-state index contributed by atoms with van der Waals surface area (Å²) in [5.41, 5.74) is 2.82. The Bertz CT molecular complexity index is 976. The lowest BCUT2D eigenvalue weighted by atomic mass is 9.82. The summed E-state index contributed by atoms with van der Waals surface area (Å²) < 4.78 is 11.2. The van der Waals surface area contributed by atoms with Gasteiger partial charge in [-0.3, -0.25) is 9.69 Å². The molecule has 0 unspecified atom stereocenters. The molecule has 1 atom stereocenters. The molecule has 3 aliphatic heterocycles. The third-order valence-electron chi connectivity index (χ3n) is 7.12. The van der Waals surface area contributed by atoms with Crippen molar-refractivity contribution < 1.29 is 19.1 Å². The molecule has 32 heavy (non-hydrogen) atoms. The van der Waals surface area contributed by atoms with Crippen LogP contribution in [0.2, 0.25) is 0 Å². The van der Waals surface area contributed by atoms with Crippen LogP contribution in [0.1, 0.15) is 50.7 Å². The Balaban J connectivity index is 1.75. The standard InChI is InChI=1S/C25H33N3O4/c1-6-8-22(29)26-11-9-25(10-12-26)21-13-17(3)23-18(14-19(31-4)15-20(23)32-5)16-27(21)24(30)28(25)7-2/h6,8,13-15,17H,7,9-12,16H2,1-5H3/b8-6+/t17-/m0/s1. The highest BCUT2D eigenvalue weighted by molar-refractivity contribution is 5.88. The molecule has 0 N–H and O–H groups in total. The minimum absolute atomic E-state index is 0.0359. The molecule has 2 fully saturated rings. The summed E-state index contributed by atoms with van der Waals surface area (Å²) in [6.07, 6.45) is 7.10. The van der Waals surface area contributed by atoms with Crippen LogP contribution in [0.3, 0.4) is 0 Å². The van der Waals surface area contributed by atoms with E-state index in [2.05, 4.69) is 13.0 Å². The summed E-state index contributed by atoms with van der Waals surface area (Å²) >= 11 is 0. The minimum atomic E-state index is -0.383. The molecule has 0 radical (unpaired) electrons. The predicted octanol–water partition coefficient (Wildman–Crippen LogP) is 3.90. The summed E-state index contributed by atoms with van der Waals surface area (Å²) in [4.78, 5) is 31.8. The Labute approximate surface area is 190 Å². The first-order valence-corrected chi connectivity index (χ1v) is 11.4. The fraction of sp³-hybridized carbons (Fsp3) is 0.520. The molecule has 0 aromatic heterocycles. The number of likely N-dealkylation sites (N-methyl/N-ethyl adjacent to an activating group) is 1. The van der Waals surface area contributed by atoms with Gasteiger partial charge in [0.05, 0.1) is 26.3 Å². The number of methoxy groups -OCH3 is 2. The quantitative estimate of drug-likeness (QED) is 0.668. The molecule has 1 aromatic rings. The summed E-state index contributed by atoms with van der Waals surface area (Å²) in [5.74, 6) is 1.63. The summed E-state index contributed by atoms with van der Waals surface area (Å²) in [6, 6.07) is 3.96. The third kappa shape index (κ3) is 3.34. The molecule has 2 saturated heterocycles. The molecule has 3 amide bonds. The van der Waals surface area contributed by atoms with E-state index in [0.29, 0.717) is 26.2 Å². The summed E-state index contributed by atoms with van der Waals surface area (Å²) in [7, 11) is 3.31. The van der Waals surface area contributed by atoms with Crippen molar-refractivity contribution in [2.24, 2.45) is 0 Å². The van der Waals surface area contributed by atoms with Crippen LogP contribution in [0.5, 0.6) is 11.5 Å². The van der Waals surface area contributed by atoms with E-state index in [-0.39, 0.29) is 23.4 Å². The highest BCUT2D eigenvalue weighted by Crippen LogP contribution is 2.48.